The molecule has 1 rings (SSSR count). The van der Waals surface area contributed by atoms with Crippen molar-refractivity contribution in [1.29, 1.82) is 0 Å². The molecule has 0 unspecified atom stereocenters. The average molecular weight is 220 g/mol. The number of carbonyl (C=O) groups is 1. The van der Waals surface area contributed by atoms with Crippen LogP contribution in [0.4, 0.5) is 5.69 Å². The Balaban J connectivity index is 0.000000364. The number of halogens is 1. The molecule has 7 heteroatoms. The highest BCUT2D eigenvalue weighted by Gasteiger charge is 2.01. The van der Waals surface area contributed by atoms with Crippen molar-refractivity contribution < 1.29 is 19.1 Å². The fourth-order valence-electron chi connectivity index (χ4n) is 0.574. The van der Waals surface area contributed by atoms with Crippen LogP contribution in [0.3, 0.4) is 0 Å². The number of carbonyl (C=O) groups excluding carboxylic acids is 1. The largest absolute Gasteiger partial charge is 0.508 e. The van der Waals surface area contributed by atoms with Crippen LogP contribution in [0.1, 0.15) is 0 Å². The second-order valence-corrected chi connectivity index (χ2v) is 2.14. The van der Waals surface area contributed by atoms with Crippen molar-refractivity contribution in [2.75, 3.05) is 0 Å². The standard InChI is InChI=1S/C6H5NO3.CHClO2/c8-6-3-1-5(2-4-6)7(9)10;2-4-1-3/h1-4,8H;1H. The SMILES string of the molecule is O=COCl.O=[N+]([O-])c1ccc(O)cc1. The first kappa shape index (κ1) is 12.2. The molecule has 0 aliphatic carbocycles. The van der Waals surface area contributed by atoms with Gasteiger partial charge in [-0.15, -0.1) is 0 Å². The summed E-state index contributed by atoms with van der Waals surface area (Å²) in [6, 6.07) is 5.04. The van der Waals surface area contributed by atoms with Gasteiger partial charge in [-0.3, -0.25) is 14.9 Å². The van der Waals surface area contributed by atoms with E-state index in [0.717, 1.165) is 0 Å². The van der Waals surface area contributed by atoms with Gasteiger partial charge in [0.05, 0.1) is 4.92 Å². The van der Waals surface area contributed by atoms with Crippen molar-refractivity contribution in [2.24, 2.45) is 0 Å². The van der Waals surface area contributed by atoms with Crippen LogP contribution in [0, 0.1) is 10.1 Å². The maximum absolute atomic E-state index is 10.0. The smallest absolute Gasteiger partial charge is 0.312 e. The molecule has 0 radical (unpaired) electrons. The minimum Gasteiger partial charge on any atom is -0.508 e. The molecule has 76 valence electrons. The molecule has 0 spiro atoms. The van der Waals surface area contributed by atoms with Gasteiger partial charge in [0.25, 0.3) is 5.69 Å². The van der Waals surface area contributed by atoms with Gasteiger partial charge in [0.1, 0.15) is 17.6 Å². The van der Waals surface area contributed by atoms with E-state index in [1.165, 1.54) is 24.3 Å². The van der Waals surface area contributed by atoms with E-state index >= 15 is 0 Å². The summed E-state index contributed by atoms with van der Waals surface area (Å²) in [4.78, 5) is 18.3. The highest BCUT2D eigenvalue weighted by molar-refractivity contribution is 6.10. The Bertz CT molecular complexity index is 299. The van der Waals surface area contributed by atoms with Gasteiger partial charge in [0.2, 0.25) is 0 Å². The maximum atomic E-state index is 10.0. The Kier molecular flexibility index (Phi) is 5.80. The van der Waals surface area contributed by atoms with Gasteiger partial charge in [-0.05, 0) is 12.1 Å². The van der Waals surface area contributed by atoms with Crippen molar-refractivity contribution in [1.82, 2.24) is 0 Å². The second kappa shape index (κ2) is 6.67. The molecule has 0 saturated carbocycles. The Morgan fingerprint density at radius 1 is 1.43 bits per heavy atom. The third kappa shape index (κ3) is 4.94. The Morgan fingerprint density at radius 3 is 2.14 bits per heavy atom. The van der Waals surface area contributed by atoms with Crippen LogP contribution in [0.15, 0.2) is 24.3 Å². The Labute approximate surface area is 84.0 Å². The molecule has 0 saturated heterocycles. The van der Waals surface area contributed by atoms with Crippen LogP contribution >= 0.6 is 11.9 Å². The lowest BCUT2D eigenvalue weighted by Crippen LogP contribution is -1.85. The maximum Gasteiger partial charge on any atom is 0.312 e. The van der Waals surface area contributed by atoms with Crippen molar-refractivity contribution in [3.63, 3.8) is 0 Å². The fourth-order valence-corrected chi connectivity index (χ4v) is 0.574. The second-order valence-electron chi connectivity index (χ2n) is 1.96. The van der Waals surface area contributed by atoms with E-state index in [1.54, 1.807) is 0 Å². The summed E-state index contributed by atoms with van der Waals surface area (Å²) in [5.74, 6) is 0.0330. The molecule has 14 heavy (non-hydrogen) atoms. The molecule has 0 aliphatic rings. The first-order valence-corrected chi connectivity index (χ1v) is 3.57. The molecule has 0 aromatic heterocycles. The molecule has 1 aromatic carbocycles. The van der Waals surface area contributed by atoms with Gasteiger partial charge < -0.3 is 9.40 Å². The zero-order valence-corrected chi connectivity index (χ0v) is 7.55. The Hall–Kier alpha value is -1.82. The van der Waals surface area contributed by atoms with Gasteiger partial charge >= 0.3 is 6.47 Å². The van der Waals surface area contributed by atoms with E-state index < -0.39 is 4.92 Å². The van der Waals surface area contributed by atoms with Crippen molar-refractivity contribution in [3.8, 4) is 5.75 Å². The lowest BCUT2D eigenvalue weighted by Gasteiger charge is -1.89. The minimum atomic E-state index is -0.514. The molecule has 1 N–H and O–H groups in total. The third-order valence-corrected chi connectivity index (χ3v) is 1.17. The number of non-ortho nitro benzene ring substituents is 1. The average Bonchev–Trinajstić information content (AvgIpc) is 2.19. The van der Waals surface area contributed by atoms with Crippen LogP contribution in [-0.4, -0.2) is 16.5 Å². The minimum absolute atomic E-state index is 0.0159. The summed E-state index contributed by atoms with van der Waals surface area (Å²) >= 11 is 4.32. The molecule has 0 heterocycles. The summed E-state index contributed by atoms with van der Waals surface area (Å²) in [7, 11) is 0. The number of rotatable bonds is 2. The van der Waals surface area contributed by atoms with Gasteiger partial charge in [-0.2, -0.15) is 0 Å². The zero-order valence-electron chi connectivity index (χ0n) is 6.79. The molecule has 1 aromatic rings. The summed E-state index contributed by atoms with van der Waals surface area (Å²) < 4.78 is 3.33. The number of nitro groups is 1. The zero-order chi connectivity index (χ0) is 11.0. The number of hydrogen-bond acceptors (Lipinski definition) is 5. The number of hydrogen-bond donors (Lipinski definition) is 1. The van der Waals surface area contributed by atoms with Crippen molar-refractivity contribution in [3.05, 3.63) is 34.4 Å². The summed E-state index contributed by atoms with van der Waals surface area (Å²) in [6.07, 6.45) is 0. The molecular weight excluding hydrogens is 214 g/mol. The summed E-state index contributed by atoms with van der Waals surface area (Å²) in [5, 5.41) is 18.8. The quantitative estimate of drug-likeness (QED) is 0.464. The van der Waals surface area contributed by atoms with E-state index in [9.17, 15) is 10.1 Å². The number of phenols is 1. The molecular formula is C7H6ClNO5. The number of nitrogens with zero attached hydrogens (tertiary/aromatic N) is 1. The molecule has 0 amide bonds. The van der Waals surface area contributed by atoms with Crippen LogP contribution in [0.5, 0.6) is 5.75 Å². The van der Waals surface area contributed by atoms with Crippen LogP contribution < -0.4 is 0 Å². The van der Waals surface area contributed by atoms with E-state index in [2.05, 4.69) is 16.2 Å². The van der Waals surface area contributed by atoms with Crippen molar-refractivity contribution in [2.45, 2.75) is 0 Å². The number of aromatic hydroxyl groups is 1. The van der Waals surface area contributed by atoms with Crippen LogP contribution in [-0.2, 0) is 9.08 Å². The number of phenolic OH excluding ortho intramolecular Hbond substituents is 1. The van der Waals surface area contributed by atoms with Gasteiger partial charge in [-0.1, -0.05) is 0 Å². The normalized spacial score (nSPS) is 8.07. The predicted molar refractivity (Wildman–Crippen MR) is 47.8 cm³/mol. The first-order valence-electron chi connectivity index (χ1n) is 3.26. The molecule has 0 bridgehead atoms. The number of nitro benzene ring substituents is 1. The highest BCUT2D eigenvalue weighted by atomic mass is 35.5. The highest BCUT2D eigenvalue weighted by Crippen LogP contribution is 2.14. The van der Waals surface area contributed by atoms with E-state index in [0.29, 0.717) is 0 Å². The molecule has 0 aliphatic heterocycles. The fraction of sp³-hybridized carbons (Fsp3) is 0. The van der Waals surface area contributed by atoms with Crippen molar-refractivity contribution >= 4 is 24.0 Å². The van der Waals surface area contributed by atoms with Gasteiger partial charge in [0.15, 0.2) is 0 Å². The molecule has 0 atom stereocenters. The molecule has 0 fully saturated rings. The van der Waals surface area contributed by atoms with Crippen LogP contribution in [0.2, 0.25) is 0 Å². The molecule has 6 nitrogen and oxygen atoms in total. The van der Waals surface area contributed by atoms with Crippen LogP contribution in [0.25, 0.3) is 0 Å². The summed E-state index contributed by atoms with van der Waals surface area (Å²) in [5.41, 5.74) is -0.0159. The summed E-state index contributed by atoms with van der Waals surface area (Å²) in [6.45, 7) is 0.140. The van der Waals surface area contributed by atoms with E-state index in [-0.39, 0.29) is 17.9 Å². The van der Waals surface area contributed by atoms with Gasteiger partial charge in [0, 0.05) is 12.1 Å². The first-order chi connectivity index (χ1) is 6.61. The van der Waals surface area contributed by atoms with E-state index in [4.69, 9.17) is 9.90 Å². The van der Waals surface area contributed by atoms with E-state index in [1.807, 2.05) is 0 Å². The van der Waals surface area contributed by atoms with Gasteiger partial charge in [-0.25, -0.2) is 0 Å². The predicted octanol–water partition coefficient (Wildman–Crippen LogP) is 1.61. The lowest BCUT2D eigenvalue weighted by atomic mass is 10.3. The third-order valence-electron chi connectivity index (χ3n) is 1.10. The Morgan fingerprint density at radius 2 is 1.86 bits per heavy atom. The monoisotopic (exact) mass is 219 g/mol. The lowest BCUT2D eigenvalue weighted by molar-refractivity contribution is -0.384. The number of benzene rings is 1. The topological polar surface area (TPSA) is 89.7 Å².